The van der Waals surface area contributed by atoms with Gasteiger partial charge in [0.25, 0.3) is 5.91 Å². The molecule has 1 N–H and O–H groups in total. The van der Waals surface area contributed by atoms with Crippen LogP contribution < -0.4 is 5.32 Å². The lowest BCUT2D eigenvalue weighted by molar-refractivity contribution is -0.140. The predicted octanol–water partition coefficient (Wildman–Crippen LogP) is 3.59. The summed E-state index contributed by atoms with van der Waals surface area (Å²) < 4.78 is 51.0. The van der Waals surface area contributed by atoms with Gasteiger partial charge >= 0.3 is 6.18 Å². The van der Waals surface area contributed by atoms with Crippen molar-refractivity contribution in [1.29, 1.82) is 0 Å². The van der Waals surface area contributed by atoms with Crippen LogP contribution in [-0.4, -0.2) is 18.3 Å². The van der Waals surface area contributed by atoms with Gasteiger partial charge in [-0.25, -0.2) is 4.39 Å². The van der Waals surface area contributed by atoms with E-state index in [0.717, 1.165) is 12.1 Å². The van der Waals surface area contributed by atoms with E-state index in [-0.39, 0.29) is 6.54 Å². The van der Waals surface area contributed by atoms with Crippen LogP contribution in [-0.2, 0) is 6.18 Å². The molecular weight excluding hydrogens is 286 g/mol. The summed E-state index contributed by atoms with van der Waals surface area (Å²) in [6.45, 7) is 0.237. The normalized spacial score (nSPS) is 11.4. The highest BCUT2D eigenvalue weighted by Gasteiger charge is 2.35. The third kappa shape index (κ3) is 4.38. The van der Waals surface area contributed by atoms with Crippen LogP contribution in [0.25, 0.3) is 0 Å². The molecule has 0 aliphatic heterocycles. The number of rotatable bonds is 5. The summed E-state index contributed by atoms with van der Waals surface area (Å²) in [4.78, 5) is 11.6. The summed E-state index contributed by atoms with van der Waals surface area (Å²) in [5.74, 6) is -1.99. The number of unbranched alkanes of at least 4 members (excludes halogenated alkanes) is 1. The Morgan fingerprint density at radius 2 is 1.95 bits per heavy atom. The van der Waals surface area contributed by atoms with Crippen LogP contribution in [0.4, 0.5) is 17.6 Å². The number of amides is 1. The van der Waals surface area contributed by atoms with Crippen molar-refractivity contribution in [1.82, 2.24) is 5.32 Å². The Labute approximate surface area is 112 Å². The summed E-state index contributed by atoms with van der Waals surface area (Å²) in [5.41, 5.74) is -2.05. The average molecular weight is 298 g/mol. The van der Waals surface area contributed by atoms with Gasteiger partial charge in [-0.3, -0.25) is 4.79 Å². The Bertz CT molecular complexity index is 448. The van der Waals surface area contributed by atoms with E-state index in [9.17, 15) is 22.4 Å². The Kier molecular flexibility index (Phi) is 5.60. The van der Waals surface area contributed by atoms with Crippen LogP contribution in [0.15, 0.2) is 18.2 Å². The van der Waals surface area contributed by atoms with Crippen LogP contribution in [0.1, 0.15) is 28.8 Å². The van der Waals surface area contributed by atoms with E-state index < -0.39 is 29.0 Å². The highest BCUT2D eigenvalue weighted by atomic mass is 35.5. The molecule has 2 nitrogen and oxygen atoms in total. The van der Waals surface area contributed by atoms with Crippen molar-refractivity contribution < 1.29 is 22.4 Å². The van der Waals surface area contributed by atoms with Gasteiger partial charge in [0.1, 0.15) is 5.82 Å². The first kappa shape index (κ1) is 15.8. The van der Waals surface area contributed by atoms with Crippen LogP contribution in [0.5, 0.6) is 0 Å². The Morgan fingerprint density at radius 3 is 2.53 bits per heavy atom. The van der Waals surface area contributed by atoms with E-state index in [1.807, 2.05) is 0 Å². The van der Waals surface area contributed by atoms with Crippen molar-refractivity contribution in [3.05, 3.63) is 35.1 Å². The highest BCUT2D eigenvalue weighted by molar-refractivity contribution is 6.17. The standard InChI is InChI=1S/C12H12ClF4NO/c13-6-1-2-7-18-11(19)8-4-3-5-9(10(8)14)12(15,16)17/h3-5H,1-2,6-7H2,(H,18,19). The van der Waals surface area contributed by atoms with Crippen molar-refractivity contribution in [2.75, 3.05) is 12.4 Å². The molecule has 0 fully saturated rings. The molecule has 1 rings (SSSR count). The number of halogens is 5. The number of hydrogen-bond donors (Lipinski definition) is 1. The largest absolute Gasteiger partial charge is 0.419 e. The lowest BCUT2D eigenvalue weighted by Gasteiger charge is -2.11. The maximum atomic E-state index is 13.6. The molecule has 0 heterocycles. The minimum Gasteiger partial charge on any atom is -0.352 e. The van der Waals surface area contributed by atoms with Gasteiger partial charge in [-0.2, -0.15) is 13.2 Å². The SMILES string of the molecule is O=C(NCCCCCl)c1cccc(C(F)(F)F)c1F. The summed E-state index contributed by atoms with van der Waals surface area (Å²) in [6.07, 6.45) is -3.58. The maximum Gasteiger partial charge on any atom is 0.419 e. The Balaban J connectivity index is 2.81. The molecule has 0 saturated heterocycles. The van der Waals surface area contributed by atoms with Gasteiger partial charge in [0.2, 0.25) is 0 Å². The molecule has 0 aliphatic rings. The highest BCUT2D eigenvalue weighted by Crippen LogP contribution is 2.32. The van der Waals surface area contributed by atoms with E-state index >= 15 is 0 Å². The first-order chi connectivity index (χ1) is 8.88. The zero-order chi connectivity index (χ0) is 14.5. The van der Waals surface area contributed by atoms with Gasteiger partial charge in [0.05, 0.1) is 11.1 Å². The second-order valence-corrected chi connectivity index (χ2v) is 4.19. The molecule has 0 bridgehead atoms. The number of alkyl halides is 4. The Morgan fingerprint density at radius 1 is 1.26 bits per heavy atom. The maximum absolute atomic E-state index is 13.6. The van der Waals surface area contributed by atoms with Crippen molar-refractivity contribution >= 4 is 17.5 Å². The lowest BCUT2D eigenvalue weighted by atomic mass is 10.1. The monoisotopic (exact) mass is 297 g/mol. The third-order valence-corrected chi connectivity index (χ3v) is 2.66. The number of carbonyl (C=O) groups excluding carboxylic acids is 1. The third-order valence-electron chi connectivity index (χ3n) is 2.39. The molecular formula is C12H12ClF4NO. The van der Waals surface area contributed by atoms with Crippen molar-refractivity contribution in [2.24, 2.45) is 0 Å². The first-order valence-electron chi connectivity index (χ1n) is 5.57. The second kappa shape index (κ2) is 6.75. The molecule has 0 saturated carbocycles. The number of benzene rings is 1. The molecule has 0 spiro atoms. The predicted molar refractivity (Wildman–Crippen MR) is 63.7 cm³/mol. The van der Waals surface area contributed by atoms with Gasteiger partial charge < -0.3 is 5.32 Å². The summed E-state index contributed by atoms with van der Waals surface area (Å²) >= 11 is 5.43. The van der Waals surface area contributed by atoms with Gasteiger partial charge in [0, 0.05) is 12.4 Å². The zero-order valence-electron chi connectivity index (χ0n) is 9.86. The molecule has 7 heteroatoms. The molecule has 0 aromatic heterocycles. The van der Waals surface area contributed by atoms with Crippen LogP contribution in [0.2, 0.25) is 0 Å². The Hall–Kier alpha value is -1.30. The molecule has 19 heavy (non-hydrogen) atoms. The lowest BCUT2D eigenvalue weighted by Crippen LogP contribution is -2.26. The van der Waals surface area contributed by atoms with E-state index in [0.29, 0.717) is 24.8 Å². The molecule has 0 unspecified atom stereocenters. The summed E-state index contributed by atoms with van der Waals surface area (Å²) in [5, 5.41) is 2.35. The first-order valence-corrected chi connectivity index (χ1v) is 6.11. The fourth-order valence-corrected chi connectivity index (χ4v) is 1.63. The molecule has 0 aliphatic carbocycles. The molecule has 0 radical (unpaired) electrons. The van der Waals surface area contributed by atoms with Crippen LogP contribution >= 0.6 is 11.6 Å². The molecule has 1 aromatic carbocycles. The zero-order valence-corrected chi connectivity index (χ0v) is 10.6. The van der Waals surface area contributed by atoms with Crippen LogP contribution in [0, 0.1) is 5.82 Å². The van der Waals surface area contributed by atoms with Gasteiger partial charge in [-0.1, -0.05) is 6.07 Å². The molecule has 0 atom stereocenters. The van der Waals surface area contributed by atoms with Crippen molar-refractivity contribution in [3.8, 4) is 0 Å². The molecule has 1 amide bonds. The fourth-order valence-electron chi connectivity index (χ4n) is 1.44. The topological polar surface area (TPSA) is 29.1 Å². The number of nitrogens with one attached hydrogen (secondary N) is 1. The van der Waals surface area contributed by atoms with Gasteiger partial charge in [-0.15, -0.1) is 11.6 Å². The van der Waals surface area contributed by atoms with Crippen molar-refractivity contribution in [3.63, 3.8) is 0 Å². The van der Waals surface area contributed by atoms with E-state index in [4.69, 9.17) is 11.6 Å². The van der Waals surface area contributed by atoms with Crippen molar-refractivity contribution in [2.45, 2.75) is 19.0 Å². The summed E-state index contributed by atoms with van der Waals surface area (Å²) in [7, 11) is 0. The van der Waals surface area contributed by atoms with Gasteiger partial charge in [0.15, 0.2) is 0 Å². The minimum atomic E-state index is -4.82. The smallest absolute Gasteiger partial charge is 0.352 e. The van der Waals surface area contributed by atoms with Gasteiger partial charge in [-0.05, 0) is 25.0 Å². The minimum absolute atomic E-state index is 0.237. The van der Waals surface area contributed by atoms with Crippen LogP contribution in [0.3, 0.4) is 0 Å². The molecule has 106 valence electrons. The average Bonchev–Trinajstić information content (AvgIpc) is 2.33. The summed E-state index contributed by atoms with van der Waals surface area (Å²) in [6, 6.07) is 2.61. The van der Waals surface area contributed by atoms with E-state index in [2.05, 4.69) is 5.32 Å². The van der Waals surface area contributed by atoms with E-state index in [1.54, 1.807) is 0 Å². The number of carbonyl (C=O) groups is 1. The second-order valence-electron chi connectivity index (χ2n) is 3.82. The molecule has 1 aromatic rings. The quantitative estimate of drug-likeness (QED) is 0.502. The van der Waals surface area contributed by atoms with E-state index in [1.165, 1.54) is 0 Å². The number of hydrogen-bond acceptors (Lipinski definition) is 1. The fraction of sp³-hybridized carbons (Fsp3) is 0.417.